The van der Waals surface area contributed by atoms with Gasteiger partial charge in [-0.15, -0.1) is 0 Å². The molecule has 0 fully saturated rings. The summed E-state index contributed by atoms with van der Waals surface area (Å²) < 4.78 is 0. The predicted molar refractivity (Wildman–Crippen MR) is 135 cm³/mol. The van der Waals surface area contributed by atoms with Crippen molar-refractivity contribution in [3.05, 3.63) is 72.8 Å². The van der Waals surface area contributed by atoms with E-state index in [1.54, 1.807) is 6.07 Å². The first-order valence-electron chi connectivity index (χ1n) is 10.9. The van der Waals surface area contributed by atoms with Crippen LogP contribution in [0.25, 0.3) is 86.2 Å². The molecule has 0 aliphatic carbocycles. The van der Waals surface area contributed by atoms with Gasteiger partial charge in [0, 0.05) is 37.7 Å². The van der Waals surface area contributed by atoms with Gasteiger partial charge in [0.2, 0.25) is 0 Å². The lowest BCUT2D eigenvalue weighted by molar-refractivity contribution is 0.478. The van der Waals surface area contributed by atoms with E-state index in [0.717, 1.165) is 43.1 Å². The zero-order valence-electron chi connectivity index (χ0n) is 16.8. The van der Waals surface area contributed by atoms with Gasteiger partial charge in [-0.25, -0.2) is 0 Å². The summed E-state index contributed by atoms with van der Waals surface area (Å²) in [5.74, 6) is 0.462. The molecule has 32 heavy (non-hydrogen) atoms. The summed E-state index contributed by atoms with van der Waals surface area (Å²) in [6.45, 7) is 0. The van der Waals surface area contributed by atoms with E-state index in [1.165, 1.54) is 43.1 Å². The first-order valence-corrected chi connectivity index (χ1v) is 10.9. The van der Waals surface area contributed by atoms with Crippen LogP contribution in [0.5, 0.6) is 11.5 Å². The van der Waals surface area contributed by atoms with Crippen LogP contribution in [-0.4, -0.2) is 10.2 Å². The van der Waals surface area contributed by atoms with Crippen LogP contribution < -0.4 is 0 Å². The van der Waals surface area contributed by atoms with Gasteiger partial charge >= 0.3 is 0 Å². The van der Waals surface area contributed by atoms with E-state index in [2.05, 4.69) is 54.6 Å². The molecule has 9 rings (SSSR count). The van der Waals surface area contributed by atoms with Gasteiger partial charge in [0.05, 0.1) is 0 Å². The van der Waals surface area contributed by atoms with Gasteiger partial charge in [-0.2, -0.15) is 0 Å². The van der Waals surface area contributed by atoms with Crippen molar-refractivity contribution < 1.29 is 10.2 Å². The largest absolute Gasteiger partial charge is 0.507 e. The fourth-order valence-electron chi connectivity index (χ4n) is 6.62. The maximum atomic E-state index is 11.4. The van der Waals surface area contributed by atoms with Crippen molar-refractivity contribution in [1.29, 1.82) is 0 Å². The molecule has 146 valence electrons. The molecule has 2 nitrogen and oxygen atoms in total. The third-order valence-electron chi connectivity index (χ3n) is 7.77. The molecule has 0 saturated heterocycles. The van der Waals surface area contributed by atoms with Crippen molar-refractivity contribution in [3.63, 3.8) is 0 Å². The van der Waals surface area contributed by atoms with Gasteiger partial charge in [0.25, 0.3) is 0 Å². The van der Waals surface area contributed by atoms with E-state index in [4.69, 9.17) is 0 Å². The van der Waals surface area contributed by atoms with Crippen LogP contribution in [0.2, 0.25) is 0 Å². The Kier molecular flexibility index (Phi) is 2.24. The smallest absolute Gasteiger partial charge is 0.131 e. The van der Waals surface area contributed by atoms with Crippen LogP contribution >= 0.6 is 0 Å². The Bertz CT molecular complexity index is 2170. The number of hydrogen-bond donors (Lipinski definition) is 2. The standard InChI is InChI=1S/C30H14O2/c31-21-12-20-27-26-19(21)11-15-4-1-3-13-9-16-7-8-17-10-14-5-2-6-18(30(20)32)23(14)29(27)25(17)24(16)28(26)22(13)15/h1-12,31-32H. The van der Waals surface area contributed by atoms with Crippen LogP contribution in [0.1, 0.15) is 0 Å². The summed E-state index contributed by atoms with van der Waals surface area (Å²) in [6, 6.07) is 25.3. The van der Waals surface area contributed by atoms with Crippen molar-refractivity contribution >= 4 is 86.2 Å². The second-order valence-corrected chi connectivity index (χ2v) is 9.21. The van der Waals surface area contributed by atoms with Crippen LogP contribution in [0.4, 0.5) is 0 Å². The Labute approximate surface area is 180 Å². The molecular weight excluding hydrogens is 392 g/mol. The van der Waals surface area contributed by atoms with E-state index in [-0.39, 0.29) is 11.5 Å². The molecule has 9 aromatic rings. The molecule has 0 aliphatic heterocycles. The normalized spacial score (nSPS) is 13.2. The average Bonchev–Trinajstić information content (AvgIpc) is 2.82. The summed E-state index contributed by atoms with van der Waals surface area (Å²) in [5.41, 5.74) is 0. The number of aromatic hydroxyl groups is 2. The quantitative estimate of drug-likeness (QED) is 0.197. The molecule has 2 N–H and O–H groups in total. The Balaban J connectivity index is 1.87. The molecule has 0 spiro atoms. The van der Waals surface area contributed by atoms with E-state index < -0.39 is 0 Å². The minimum absolute atomic E-state index is 0.215. The third-order valence-corrected chi connectivity index (χ3v) is 7.77. The molecule has 9 aromatic carbocycles. The highest BCUT2D eigenvalue weighted by molar-refractivity contribution is 6.50. The fourth-order valence-corrected chi connectivity index (χ4v) is 6.62. The second-order valence-electron chi connectivity index (χ2n) is 9.21. The molecule has 0 amide bonds. The highest BCUT2D eigenvalue weighted by Crippen LogP contribution is 2.55. The number of phenolic OH excluding ortho intramolecular Hbond substituents is 2. The zero-order valence-corrected chi connectivity index (χ0v) is 16.8. The van der Waals surface area contributed by atoms with Gasteiger partial charge < -0.3 is 10.2 Å². The SMILES string of the molecule is Oc1cc2c(O)c3cccc4cc5ccc6cc7cccc8cc1c1c2c(c43)c5c6c1c78. The molecule has 0 bridgehead atoms. The van der Waals surface area contributed by atoms with E-state index in [0.29, 0.717) is 0 Å². The van der Waals surface area contributed by atoms with E-state index >= 15 is 0 Å². The molecule has 0 aliphatic rings. The summed E-state index contributed by atoms with van der Waals surface area (Å²) in [7, 11) is 0. The monoisotopic (exact) mass is 406 g/mol. The molecule has 0 unspecified atom stereocenters. The van der Waals surface area contributed by atoms with Gasteiger partial charge in [-0.1, -0.05) is 48.5 Å². The van der Waals surface area contributed by atoms with Crippen LogP contribution in [0, 0.1) is 0 Å². The minimum Gasteiger partial charge on any atom is -0.507 e. The minimum atomic E-state index is 0.215. The molecule has 0 radical (unpaired) electrons. The van der Waals surface area contributed by atoms with Crippen LogP contribution in [0.3, 0.4) is 0 Å². The van der Waals surface area contributed by atoms with Crippen molar-refractivity contribution in [2.24, 2.45) is 0 Å². The van der Waals surface area contributed by atoms with Crippen molar-refractivity contribution in [2.75, 3.05) is 0 Å². The van der Waals surface area contributed by atoms with Crippen molar-refractivity contribution in [3.8, 4) is 11.5 Å². The highest BCUT2D eigenvalue weighted by atomic mass is 16.3. The predicted octanol–water partition coefficient (Wildman–Crippen LogP) is 8.07. The van der Waals surface area contributed by atoms with E-state index in [9.17, 15) is 10.2 Å². The van der Waals surface area contributed by atoms with Crippen molar-refractivity contribution in [2.45, 2.75) is 0 Å². The zero-order chi connectivity index (χ0) is 20.9. The number of benzene rings is 9. The Morgan fingerprint density at radius 2 is 0.938 bits per heavy atom. The summed E-state index contributed by atoms with van der Waals surface area (Å²) in [6.07, 6.45) is 0. The molecule has 0 aromatic heterocycles. The first-order chi connectivity index (χ1) is 15.7. The van der Waals surface area contributed by atoms with Crippen LogP contribution in [-0.2, 0) is 0 Å². The van der Waals surface area contributed by atoms with Crippen LogP contribution in [0.15, 0.2) is 72.8 Å². The third kappa shape index (κ3) is 1.43. The number of hydrogen-bond acceptors (Lipinski definition) is 2. The lowest BCUT2D eigenvalue weighted by atomic mass is 9.79. The lowest BCUT2D eigenvalue weighted by Gasteiger charge is -2.24. The van der Waals surface area contributed by atoms with Gasteiger partial charge in [0.15, 0.2) is 0 Å². The maximum Gasteiger partial charge on any atom is 0.131 e. The molecule has 0 heterocycles. The highest BCUT2D eigenvalue weighted by Gasteiger charge is 2.26. The Morgan fingerprint density at radius 3 is 1.69 bits per heavy atom. The van der Waals surface area contributed by atoms with Gasteiger partial charge in [-0.3, -0.25) is 0 Å². The molecular formula is C30H14O2. The number of phenols is 2. The van der Waals surface area contributed by atoms with E-state index in [1.807, 2.05) is 12.1 Å². The lowest BCUT2D eigenvalue weighted by Crippen LogP contribution is -1.95. The fraction of sp³-hybridized carbons (Fsp3) is 0. The molecule has 2 heteroatoms. The van der Waals surface area contributed by atoms with Gasteiger partial charge in [0.1, 0.15) is 11.5 Å². The maximum absolute atomic E-state index is 11.4. The molecule has 0 atom stereocenters. The average molecular weight is 406 g/mol. The summed E-state index contributed by atoms with van der Waals surface area (Å²) in [5, 5.41) is 40.2. The summed E-state index contributed by atoms with van der Waals surface area (Å²) >= 11 is 0. The first kappa shape index (κ1) is 15.5. The number of rotatable bonds is 0. The molecule has 0 saturated carbocycles. The summed E-state index contributed by atoms with van der Waals surface area (Å²) in [4.78, 5) is 0. The Morgan fingerprint density at radius 1 is 0.375 bits per heavy atom. The topological polar surface area (TPSA) is 40.5 Å². The Hall–Kier alpha value is -4.30. The second kappa shape index (κ2) is 4.63. The van der Waals surface area contributed by atoms with Gasteiger partial charge in [-0.05, 0) is 72.7 Å². The van der Waals surface area contributed by atoms with Crippen molar-refractivity contribution in [1.82, 2.24) is 0 Å².